The number of carbonyl (C=O) groups is 1. The van der Waals surface area contributed by atoms with Gasteiger partial charge in [0.1, 0.15) is 5.75 Å². The largest absolute Gasteiger partial charge is 0.494 e. The summed E-state index contributed by atoms with van der Waals surface area (Å²) in [6.07, 6.45) is 3.72. The number of rotatable bonds is 5. The van der Waals surface area contributed by atoms with Crippen molar-refractivity contribution in [3.63, 3.8) is 0 Å². The van der Waals surface area contributed by atoms with Gasteiger partial charge in [0.2, 0.25) is 0 Å². The molecule has 0 aliphatic heterocycles. The minimum Gasteiger partial charge on any atom is -0.494 e. The van der Waals surface area contributed by atoms with Crippen LogP contribution in [0.1, 0.15) is 29.6 Å². The van der Waals surface area contributed by atoms with Gasteiger partial charge in [0.15, 0.2) is 0 Å². The molecule has 1 saturated carbocycles. The number of carboxylic acid groups (broad SMARTS) is 1. The highest BCUT2D eigenvalue weighted by atomic mass is 16.5. The van der Waals surface area contributed by atoms with Gasteiger partial charge in [-0.2, -0.15) is 0 Å². The third-order valence-electron chi connectivity index (χ3n) is 2.57. The molecule has 1 aliphatic rings. The van der Waals surface area contributed by atoms with Gasteiger partial charge in [-0.15, -0.1) is 0 Å². The monoisotopic (exact) mass is 206 g/mol. The number of hydrogen-bond acceptors (Lipinski definition) is 2. The lowest BCUT2D eigenvalue weighted by Gasteiger charge is -2.05. The van der Waals surface area contributed by atoms with Crippen molar-refractivity contribution in [2.75, 3.05) is 6.61 Å². The molecule has 0 atom stereocenters. The zero-order valence-corrected chi connectivity index (χ0v) is 8.48. The molecule has 0 spiro atoms. The lowest BCUT2D eigenvalue weighted by Crippen LogP contribution is -2.00. The van der Waals surface area contributed by atoms with Crippen molar-refractivity contribution < 1.29 is 14.6 Å². The molecule has 0 amide bonds. The fraction of sp³-hybridized carbons (Fsp3) is 0.417. The molecule has 15 heavy (non-hydrogen) atoms. The summed E-state index contributed by atoms with van der Waals surface area (Å²) >= 11 is 0. The fourth-order valence-electron chi connectivity index (χ4n) is 1.47. The SMILES string of the molecule is O=C(O)c1cccc(OCCC2CC2)c1. The predicted octanol–water partition coefficient (Wildman–Crippen LogP) is 2.56. The van der Waals surface area contributed by atoms with E-state index in [0.717, 1.165) is 12.3 Å². The molecule has 0 heterocycles. The van der Waals surface area contributed by atoms with E-state index in [-0.39, 0.29) is 5.56 Å². The van der Waals surface area contributed by atoms with Crippen LogP contribution in [0.5, 0.6) is 5.75 Å². The van der Waals surface area contributed by atoms with E-state index in [0.29, 0.717) is 12.4 Å². The fourth-order valence-corrected chi connectivity index (χ4v) is 1.47. The Bertz CT molecular complexity index is 356. The second-order valence-corrected chi connectivity index (χ2v) is 3.91. The summed E-state index contributed by atoms with van der Waals surface area (Å²) in [5.74, 6) is 0.575. The van der Waals surface area contributed by atoms with Crippen molar-refractivity contribution >= 4 is 5.97 Å². The normalized spacial score (nSPS) is 14.9. The lowest BCUT2D eigenvalue weighted by atomic mass is 10.2. The van der Waals surface area contributed by atoms with E-state index in [9.17, 15) is 4.79 Å². The summed E-state index contributed by atoms with van der Waals surface area (Å²) in [4.78, 5) is 10.7. The van der Waals surface area contributed by atoms with Gasteiger partial charge < -0.3 is 9.84 Å². The molecule has 1 aliphatic carbocycles. The molecule has 0 bridgehead atoms. The Balaban J connectivity index is 1.88. The smallest absolute Gasteiger partial charge is 0.335 e. The molecule has 1 fully saturated rings. The molecule has 1 aromatic rings. The van der Waals surface area contributed by atoms with E-state index < -0.39 is 5.97 Å². The van der Waals surface area contributed by atoms with Crippen molar-refractivity contribution in [2.45, 2.75) is 19.3 Å². The van der Waals surface area contributed by atoms with E-state index in [1.54, 1.807) is 24.3 Å². The highest BCUT2D eigenvalue weighted by Gasteiger charge is 2.20. The number of ether oxygens (including phenoxy) is 1. The van der Waals surface area contributed by atoms with Gasteiger partial charge in [-0.05, 0) is 30.5 Å². The highest BCUT2D eigenvalue weighted by Crippen LogP contribution is 2.32. The molecule has 2 rings (SSSR count). The molecule has 0 radical (unpaired) electrons. The zero-order chi connectivity index (χ0) is 10.7. The number of benzene rings is 1. The van der Waals surface area contributed by atoms with Crippen molar-refractivity contribution in [2.24, 2.45) is 5.92 Å². The van der Waals surface area contributed by atoms with Crippen LogP contribution >= 0.6 is 0 Å². The van der Waals surface area contributed by atoms with Gasteiger partial charge in [-0.3, -0.25) is 0 Å². The Morgan fingerprint density at radius 2 is 2.27 bits per heavy atom. The van der Waals surface area contributed by atoms with E-state index in [1.807, 2.05) is 0 Å². The van der Waals surface area contributed by atoms with Crippen LogP contribution in [0.3, 0.4) is 0 Å². The van der Waals surface area contributed by atoms with E-state index in [4.69, 9.17) is 9.84 Å². The molecule has 0 aromatic heterocycles. The van der Waals surface area contributed by atoms with E-state index in [2.05, 4.69) is 0 Å². The Labute approximate surface area is 88.7 Å². The summed E-state index contributed by atoms with van der Waals surface area (Å²) < 4.78 is 5.48. The van der Waals surface area contributed by atoms with Crippen LogP contribution in [0.2, 0.25) is 0 Å². The molecule has 1 N–H and O–H groups in total. The average molecular weight is 206 g/mol. The van der Waals surface area contributed by atoms with Crippen molar-refractivity contribution in [1.82, 2.24) is 0 Å². The highest BCUT2D eigenvalue weighted by molar-refractivity contribution is 5.87. The standard InChI is InChI=1S/C12H14O3/c13-12(14)10-2-1-3-11(8-10)15-7-6-9-4-5-9/h1-3,8-9H,4-7H2,(H,13,14). The third kappa shape index (κ3) is 2.98. The molecule has 80 valence electrons. The summed E-state index contributed by atoms with van der Waals surface area (Å²) in [6.45, 7) is 0.688. The number of aromatic carboxylic acids is 1. The molecule has 3 nitrogen and oxygen atoms in total. The van der Waals surface area contributed by atoms with Gasteiger partial charge in [0.25, 0.3) is 0 Å². The zero-order valence-electron chi connectivity index (χ0n) is 8.48. The molecule has 0 saturated heterocycles. The van der Waals surface area contributed by atoms with Crippen LogP contribution in [0, 0.1) is 5.92 Å². The minimum atomic E-state index is -0.914. The maximum Gasteiger partial charge on any atom is 0.335 e. The van der Waals surface area contributed by atoms with Gasteiger partial charge in [0.05, 0.1) is 12.2 Å². The second-order valence-electron chi connectivity index (χ2n) is 3.91. The molecule has 3 heteroatoms. The van der Waals surface area contributed by atoms with Crippen molar-refractivity contribution in [1.29, 1.82) is 0 Å². The Morgan fingerprint density at radius 1 is 1.47 bits per heavy atom. The Morgan fingerprint density at radius 3 is 2.93 bits per heavy atom. The van der Waals surface area contributed by atoms with Gasteiger partial charge in [-0.25, -0.2) is 4.79 Å². The van der Waals surface area contributed by atoms with Crippen LogP contribution in [0.25, 0.3) is 0 Å². The molecule has 0 unspecified atom stereocenters. The first-order chi connectivity index (χ1) is 7.25. The summed E-state index contributed by atoms with van der Waals surface area (Å²) in [6, 6.07) is 6.63. The Hall–Kier alpha value is -1.51. The average Bonchev–Trinajstić information content (AvgIpc) is 3.02. The maximum atomic E-state index is 10.7. The van der Waals surface area contributed by atoms with Gasteiger partial charge in [-0.1, -0.05) is 18.9 Å². The molecule has 1 aromatic carbocycles. The van der Waals surface area contributed by atoms with Crippen molar-refractivity contribution in [3.8, 4) is 5.75 Å². The van der Waals surface area contributed by atoms with E-state index >= 15 is 0 Å². The number of hydrogen-bond donors (Lipinski definition) is 1. The first-order valence-corrected chi connectivity index (χ1v) is 5.22. The van der Waals surface area contributed by atoms with Crippen LogP contribution in [-0.4, -0.2) is 17.7 Å². The van der Waals surface area contributed by atoms with Crippen LogP contribution in [0.15, 0.2) is 24.3 Å². The lowest BCUT2D eigenvalue weighted by molar-refractivity contribution is 0.0696. The van der Waals surface area contributed by atoms with Crippen LogP contribution in [-0.2, 0) is 0 Å². The summed E-state index contributed by atoms with van der Waals surface area (Å²) in [5.41, 5.74) is 0.277. The van der Waals surface area contributed by atoms with E-state index in [1.165, 1.54) is 12.8 Å². The summed E-state index contributed by atoms with van der Waals surface area (Å²) in [5, 5.41) is 8.78. The van der Waals surface area contributed by atoms with Gasteiger partial charge in [0, 0.05) is 0 Å². The molecular formula is C12H14O3. The minimum absolute atomic E-state index is 0.277. The predicted molar refractivity (Wildman–Crippen MR) is 56.2 cm³/mol. The number of carboxylic acids is 1. The van der Waals surface area contributed by atoms with Gasteiger partial charge >= 0.3 is 5.97 Å². The first kappa shape index (κ1) is 10.0. The molecular weight excluding hydrogens is 192 g/mol. The third-order valence-corrected chi connectivity index (χ3v) is 2.57. The topological polar surface area (TPSA) is 46.5 Å². The van der Waals surface area contributed by atoms with Crippen molar-refractivity contribution in [3.05, 3.63) is 29.8 Å². The summed E-state index contributed by atoms with van der Waals surface area (Å²) in [7, 11) is 0. The Kier molecular flexibility index (Phi) is 2.90. The second kappa shape index (κ2) is 4.34. The quantitative estimate of drug-likeness (QED) is 0.805. The first-order valence-electron chi connectivity index (χ1n) is 5.22. The maximum absolute atomic E-state index is 10.7. The van der Waals surface area contributed by atoms with Crippen LogP contribution < -0.4 is 4.74 Å². The van der Waals surface area contributed by atoms with Crippen LogP contribution in [0.4, 0.5) is 0 Å².